The smallest absolute Gasteiger partial charge is 0.256 e. The summed E-state index contributed by atoms with van der Waals surface area (Å²) in [6.45, 7) is 3.04. The largest absolute Gasteiger partial charge is 0.338 e. The summed E-state index contributed by atoms with van der Waals surface area (Å²) in [5, 5.41) is 0. The molecule has 0 unspecified atom stereocenters. The van der Waals surface area contributed by atoms with Gasteiger partial charge in [0.1, 0.15) is 11.6 Å². The average molecular weight is 357 g/mol. The average Bonchev–Trinajstić information content (AvgIpc) is 2.65. The maximum absolute atomic E-state index is 13.1. The zero-order chi connectivity index (χ0) is 18.5. The van der Waals surface area contributed by atoms with E-state index in [1.165, 1.54) is 12.1 Å². The van der Waals surface area contributed by atoms with Crippen molar-refractivity contribution in [3.05, 3.63) is 51.7 Å². The molecule has 0 fully saturated rings. The minimum Gasteiger partial charge on any atom is -0.338 e. The second kappa shape index (κ2) is 8.25. The van der Waals surface area contributed by atoms with Gasteiger partial charge in [0.15, 0.2) is 0 Å². The van der Waals surface area contributed by atoms with Crippen LogP contribution in [0.15, 0.2) is 29.1 Å². The van der Waals surface area contributed by atoms with E-state index >= 15 is 0 Å². The molecule has 138 valence electrons. The first-order chi connectivity index (χ1) is 12.6. The SMILES string of the molecule is CCCCCCC(=O)N1CCc2nc(-c3ccc(F)cc3)[nH]c(=O)c2C1. The first kappa shape index (κ1) is 18.3. The summed E-state index contributed by atoms with van der Waals surface area (Å²) in [7, 11) is 0. The number of carbonyl (C=O) groups excluding carboxylic acids is 1. The lowest BCUT2D eigenvalue weighted by molar-refractivity contribution is -0.132. The molecule has 0 saturated heterocycles. The lowest BCUT2D eigenvalue weighted by atomic mass is 10.0. The van der Waals surface area contributed by atoms with Crippen LogP contribution in [0.1, 0.15) is 50.3 Å². The van der Waals surface area contributed by atoms with Gasteiger partial charge in [0.25, 0.3) is 5.56 Å². The lowest BCUT2D eigenvalue weighted by Gasteiger charge is -2.28. The van der Waals surface area contributed by atoms with E-state index in [1.807, 2.05) is 0 Å². The summed E-state index contributed by atoms with van der Waals surface area (Å²) in [6, 6.07) is 5.87. The van der Waals surface area contributed by atoms with Crippen LogP contribution >= 0.6 is 0 Å². The molecule has 0 spiro atoms. The maximum atomic E-state index is 13.1. The molecule has 1 N–H and O–H groups in total. The van der Waals surface area contributed by atoms with Gasteiger partial charge in [-0.3, -0.25) is 9.59 Å². The number of amides is 1. The zero-order valence-electron chi connectivity index (χ0n) is 15.1. The van der Waals surface area contributed by atoms with Gasteiger partial charge in [-0.05, 0) is 30.7 Å². The van der Waals surface area contributed by atoms with Crippen LogP contribution in [0.5, 0.6) is 0 Å². The fourth-order valence-corrected chi connectivity index (χ4v) is 3.24. The second-order valence-corrected chi connectivity index (χ2v) is 6.72. The Morgan fingerprint density at radius 3 is 2.73 bits per heavy atom. The molecule has 26 heavy (non-hydrogen) atoms. The predicted octanol–water partition coefficient (Wildman–Crippen LogP) is 3.43. The van der Waals surface area contributed by atoms with Crippen molar-refractivity contribution in [2.45, 2.75) is 52.0 Å². The molecule has 1 amide bonds. The number of fused-ring (bicyclic) bond motifs is 1. The zero-order valence-corrected chi connectivity index (χ0v) is 15.1. The Balaban J connectivity index is 1.73. The molecule has 1 aliphatic rings. The molecule has 0 saturated carbocycles. The van der Waals surface area contributed by atoms with Gasteiger partial charge in [-0.15, -0.1) is 0 Å². The fraction of sp³-hybridized carbons (Fsp3) is 0.450. The molecular formula is C20H24FN3O2. The van der Waals surface area contributed by atoms with E-state index in [2.05, 4.69) is 16.9 Å². The number of unbranched alkanes of at least 4 members (excludes halogenated alkanes) is 3. The number of carbonyl (C=O) groups is 1. The number of nitrogens with one attached hydrogen (secondary N) is 1. The summed E-state index contributed by atoms with van der Waals surface area (Å²) in [6.07, 6.45) is 5.35. The van der Waals surface area contributed by atoms with Crippen LogP contribution in [0.3, 0.4) is 0 Å². The Morgan fingerprint density at radius 1 is 1.23 bits per heavy atom. The molecule has 0 radical (unpaired) electrons. The minimum atomic E-state index is -0.331. The molecular weight excluding hydrogens is 333 g/mol. The van der Waals surface area contributed by atoms with E-state index in [-0.39, 0.29) is 17.3 Å². The molecule has 3 rings (SSSR count). The van der Waals surface area contributed by atoms with E-state index in [0.29, 0.717) is 42.9 Å². The van der Waals surface area contributed by atoms with E-state index in [4.69, 9.17) is 0 Å². The second-order valence-electron chi connectivity index (χ2n) is 6.72. The van der Waals surface area contributed by atoms with E-state index in [9.17, 15) is 14.0 Å². The molecule has 1 aliphatic heterocycles. The highest BCUT2D eigenvalue weighted by Gasteiger charge is 2.24. The van der Waals surface area contributed by atoms with Crippen LogP contribution in [0.25, 0.3) is 11.4 Å². The summed E-state index contributed by atoms with van der Waals surface area (Å²) >= 11 is 0. The predicted molar refractivity (Wildman–Crippen MR) is 98.1 cm³/mol. The number of aromatic nitrogens is 2. The number of hydrogen-bond donors (Lipinski definition) is 1. The Labute approximate surface area is 152 Å². The topological polar surface area (TPSA) is 66.1 Å². The lowest BCUT2D eigenvalue weighted by Crippen LogP contribution is -2.39. The van der Waals surface area contributed by atoms with Gasteiger partial charge >= 0.3 is 0 Å². The van der Waals surface area contributed by atoms with E-state index in [1.54, 1.807) is 17.0 Å². The number of H-pyrrole nitrogens is 1. The van der Waals surface area contributed by atoms with Crippen molar-refractivity contribution in [3.63, 3.8) is 0 Å². The van der Waals surface area contributed by atoms with Gasteiger partial charge in [-0.2, -0.15) is 0 Å². The molecule has 2 heterocycles. The van der Waals surface area contributed by atoms with Crippen LogP contribution in [0.4, 0.5) is 4.39 Å². The van der Waals surface area contributed by atoms with Gasteiger partial charge in [-0.25, -0.2) is 9.37 Å². The molecule has 2 aromatic rings. The van der Waals surface area contributed by atoms with Crippen LogP contribution in [-0.2, 0) is 17.8 Å². The Hall–Kier alpha value is -2.50. The highest BCUT2D eigenvalue weighted by molar-refractivity contribution is 5.76. The Morgan fingerprint density at radius 2 is 2.00 bits per heavy atom. The van der Waals surface area contributed by atoms with Gasteiger partial charge in [0.05, 0.1) is 17.8 Å². The summed E-state index contributed by atoms with van der Waals surface area (Å²) in [5.41, 5.74) is 1.73. The number of nitrogens with zero attached hydrogens (tertiary/aromatic N) is 2. The van der Waals surface area contributed by atoms with Crippen molar-refractivity contribution in [2.75, 3.05) is 6.54 Å². The summed E-state index contributed by atoms with van der Waals surface area (Å²) < 4.78 is 13.1. The Bertz CT molecular complexity index is 830. The monoisotopic (exact) mass is 357 g/mol. The normalized spacial score (nSPS) is 13.5. The third-order valence-corrected chi connectivity index (χ3v) is 4.78. The number of hydrogen-bond acceptors (Lipinski definition) is 3. The van der Waals surface area contributed by atoms with E-state index in [0.717, 1.165) is 31.4 Å². The summed E-state index contributed by atoms with van der Waals surface area (Å²) in [5.74, 6) is 0.212. The molecule has 1 aromatic heterocycles. The van der Waals surface area contributed by atoms with Gasteiger partial charge < -0.3 is 9.88 Å². The number of aromatic amines is 1. The third-order valence-electron chi connectivity index (χ3n) is 4.78. The summed E-state index contributed by atoms with van der Waals surface area (Å²) in [4.78, 5) is 33.9. The molecule has 6 heteroatoms. The molecule has 0 bridgehead atoms. The van der Waals surface area contributed by atoms with Gasteiger partial charge in [0.2, 0.25) is 5.91 Å². The van der Waals surface area contributed by atoms with Crippen LogP contribution in [0.2, 0.25) is 0 Å². The molecule has 5 nitrogen and oxygen atoms in total. The standard InChI is InChI=1S/C20H24FN3O2/c1-2-3-4-5-6-18(25)24-12-11-17-16(13-24)20(26)23-19(22-17)14-7-9-15(21)10-8-14/h7-10H,2-6,11-13H2,1H3,(H,22,23,26). The fourth-order valence-electron chi connectivity index (χ4n) is 3.24. The third kappa shape index (κ3) is 4.18. The van der Waals surface area contributed by atoms with Crippen LogP contribution in [-0.4, -0.2) is 27.3 Å². The molecule has 0 aliphatic carbocycles. The van der Waals surface area contributed by atoms with Crippen molar-refractivity contribution in [1.29, 1.82) is 0 Å². The molecule has 1 aromatic carbocycles. The van der Waals surface area contributed by atoms with Crippen molar-refractivity contribution in [2.24, 2.45) is 0 Å². The number of halogens is 1. The number of benzene rings is 1. The first-order valence-electron chi connectivity index (χ1n) is 9.24. The van der Waals surface area contributed by atoms with Crippen LogP contribution < -0.4 is 5.56 Å². The van der Waals surface area contributed by atoms with Crippen LogP contribution in [0, 0.1) is 5.82 Å². The van der Waals surface area contributed by atoms with Gasteiger partial charge in [-0.1, -0.05) is 26.2 Å². The van der Waals surface area contributed by atoms with Crippen molar-refractivity contribution in [1.82, 2.24) is 14.9 Å². The minimum absolute atomic E-state index is 0.105. The Kier molecular flexibility index (Phi) is 5.81. The maximum Gasteiger partial charge on any atom is 0.256 e. The van der Waals surface area contributed by atoms with E-state index < -0.39 is 0 Å². The van der Waals surface area contributed by atoms with Crippen molar-refractivity contribution >= 4 is 5.91 Å². The number of rotatable bonds is 6. The van der Waals surface area contributed by atoms with Crippen molar-refractivity contribution < 1.29 is 9.18 Å². The quantitative estimate of drug-likeness (QED) is 0.806. The van der Waals surface area contributed by atoms with Gasteiger partial charge in [0, 0.05) is 24.9 Å². The highest BCUT2D eigenvalue weighted by Crippen LogP contribution is 2.20. The van der Waals surface area contributed by atoms with Crippen molar-refractivity contribution in [3.8, 4) is 11.4 Å². The highest BCUT2D eigenvalue weighted by atomic mass is 19.1. The molecule has 0 atom stereocenters. The first-order valence-corrected chi connectivity index (χ1v) is 9.24.